The van der Waals surface area contributed by atoms with Gasteiger partial charge in [0.1, 0.15) is 0 Å². The van der Waals surface area contributed by atoms with E-state index >= 15 is 0 Å². The van der Waals surface area contributed by atoms with Crippen LogP contribution in [0.15, 0.2) is 0 Å². The Morgan fingerprint density at radius 2 is 2.18 bits per heavy atom. The predicted octanol–water partition coefficient (Wildman–Crippen LogP) is 0.336. The zero-order valence-electron chi connectivity index (χ0n) is 6.71. The fourth-order valence-corrected chi connectivity index (χ4v) is 3.35. The molecule has 0 bridgehead atoms. The number of sulfone groups is 1. The Kier molecular flexibility index (Phi) is 2.25. The van der Waals surface area contributed by atoms with Crippen LogP contribution in [0.3, 0.4) is 0 Å². The molecule has 0 amide bonds. The maximum atomic E-state index is 11.1. The molecule has 4 heteroatoms. The molecule has 66 valence electrons. The predicted molar refractivity (Wildman–Crippen MR) is 43.1 cm³/mol. The van der Waals surface area contributed by atoms with Gasteiger partial charge in [0.2, 0.25) is 0 Å². The molecule has 0 aromatic heterocycles. The Bertz CT molecular complexity index is 232. The highest BCUT2D eigenvalue weighted by Gasteiger charge is 2.35. The van der Waals surface area contributed by atoms with Crippen LogP contribution in [0.5, 0.6) is 0 Å². The summed E-state index contributed by atoms with van der Waals surface area (Å²) < 4.78 is 22.1. The lowest BCUT2D eigenvalue weighted by Gasteiger charge is -2.30. The first-order chi connectivity index (χ1) is 4.97. The van der Waals surface area contributed by atoms with Crippen molar-refractivity contribution in [3.63, 3.8) is 0 Å². The van der Waals surface area contributed by atoms with E-state index in [9.17, 15) is 13.5 Å². The van der Waals surface area contributed by atoms with Gasteiger partial charge in [-0.1, -0.05) is 6.92 Å². The van der Waals surface area contributed by atoms with Crippen LogP contribution < -0.4 is 0 Å². The van der Waals surface area contributed by atoms with Gasteiger partial charge in [-0.05, 0) is 19.3 Å². The van der Waals surface area contributed by atoms with Crippen LogP contribution in [0, 0.1) is 0 Å². The number of hydrogen-bond acceptors (Lipinski definition) is 3. The van der Waals surface area contributed by atoms with Gasteiger partial charge in [-0.2, -0.15) is 0 Å². The summed E-state index contributed by atoms with van der Waals surface area (Å²) in [5, 5.41) is 9.64. The molecular formula is C7H14O3S. The fourth-order valence-electron chi connectivity index (χ4n) is 1.45. The van der Waals surface area contributed by atoms with E-state index in [4.69, 9.17) is 0 Å². The summed E-state index contributed by atoms with van der Waals surface area (Å²) in [6.07, 6.45) is 1.77. The molecule has 0 saturated carbocycles. The molecule has 1 aliphatic heterocycles. The van der Waals surface area contributed by atoms with Gasteiger partial charge in [0.15, 0.2) is 9.84 Å². The van der Waals surface area contributed by atoms with Gasteiger partial charge in [0.25, 0.3) is 0 Å². The first-order valence-electron chi connectivity index (χ1n) is 3.90. The number of hydrogen-bond donors (Lipinski definition) is 1. The van der Waals surface area contributed by atoms with E-state index in [-0.39, 0.29) is 11.5 Å². The van der Waals surface area contributed by atoms with Gasteiger partial charge in [0, 0.05) is 0 Å². The zero-order valence-corrected chi connectivity index (χ0v) is 7.52. The lowest BCUT2D eigenvalue weighted by molar-refractivity contribution is 0.0460. The van der Waals surface area contributed by atoms with Gasteiger partial charge >= 0.3 is 0 Å². The molecule has 3 nitrogen and oxygen atoms in total. The number of aliphatic hydroxyl groups is 1. The van der Waals surface area contributed by atoms with Crippen molar-refractivity contribution in [1.82, 2.24) is 0 Å². The monoisotopic (exact) mass is 178 g/mol. The van der Waals surface area contributed by atoms with E-state index in [1.807, 2.05) is 6.92 Å². The SMILES string of the molecule is CCC1(O)CCCS(=O)(=O)C1. The minimum Gasteiger partial charge on any atom is -0.389 e. The van der Waals surface area contributed by atoms with E-state index in [2.05, 4.69) is 0 Å². The summed E-state index contributed by atoms with van der Waals surface area (Å²) in [5.41, 5.74) is -0.933. The molecular weight excluding hydrogens is 164 g/mol. The Balaban J connectivity index is 2.75. The van der Waals surface area contributed by atoms with Gasteiger partial charge in [-0.3, -0.25) is 0 Å². The normalized spacial score (nSPS) is 36.9. The lowest BCUT2D eigenvalue weighted by atomic mass is 9.97. The highest BCUT2D eigenvalue weighted by Crippen LogP contribution is 2.25. The van der Waals surface area contributed by atoms with E-state index in [0.29, 0.717) is 19.3 Å². The largest absolute Gasteiger partial charge is 0.389 e. The van der Waals surface area contributed by atoms with Gasteiger partial charge in [0.05, 0.1) is 17.1 Å². The molecule has 1 saturated heterocycles. The van der Waals surface area contributed by atoms with Crippen molar-refractivity contribution < 1.29 is 13.5 Å². The molecule has 1 N–H and O–H groups in total. The molecule has 11 heavy (non-hydrogen) atoms. The minimum absolute atomic E-state index is 0.0451. The van der Waals surface area contributed by atoms with Crippen molar-refractivity contribution in [3.05, 3.63) is 0 Å². The van der Waals surface area contributed by atoms with Crippen LogP contribution in [0.2, 0.25) is 0 Å². The van der Waals surface area contributed by atoms with Crippen LogP contribution in [0.1, 0.15) is 26.2 Å². The molecule has 1 heterocycles. The topological polar surface area (TPSA) is 54.4 Å². The van der Waals surface area contributed by atoms with Crippen molar-refractivity contribution in [2.45, 2.75) is 31.8 Å². The Morgan fingerprint density at radius 1 is 1.55 bits per heavy atom. The third-order valence-electron chi connectivity index (χ3n) is 2.24. The van der Waals surface area contributed by atoms with E-state index in [1.54, 1.807) is 0 Å². The summed E-state index contributed by atoms with van der Waals surface area (Å²) in [6, 6.07) is 0. The van der Waals surface area contributed by atoms with Crippen molar-refractivity contribution >= 4 is 9.84 Å². The van der Waals surface area contributed by atoms with Crippen molar-refractivity contribution in [2.75, 3.05) is 11.5 Å². The third-order valence-corrected chi connectivity index (χ3v) is 4.13. The van der Waals surface area contributed by atoms with Crippen molar-refractivity contribution in [3.8, 4) is 0 Å². The maximum absolute atomic E-state index is 11.1. The molecule has 0 aliphatic carbocycles. The quantitative estimate of drug-likeness (QED) is 0.629. The summed E-state index contributed by atoms with van der Waals surface area (Å²) in [4.78, 5) is 0. The van der Waals surface area contributed by atoms with Crippen molar-refractivity contribution in [1.29, 1.82) is 0 Å². The second kappa shape index (κ2) is 2.75. The second-order valence-electron chi connectivity index (χ2n) is 3.27. The lowest BCUT2D eigenvalue weighted by Crippen LogP contribution is -2.41. The number of rotatable bonds is 1. The minimum atomic E-state index is -2.95. The molecule has 1 rings (SSSR count). The smallest absolute Gasteiger partial charge is 0.153 e. The average Bonchev–Trinajstić information content (AvgIpc) is 1.85. The van der Waals surface area contributed by atoms with Gasteiger partial charge in [-0.15, -0.1) is 0 Å². The molecule has 1 aliphatic rings. The molecule has 0 aromatic rings. The van der Waals surface area contributed by atoms with Crippen LogP contribution in [0.25, 0.3) is 0 Å². The molecule has 1 atom stereocenters. The molecule has 0 aromatic carbocycles. The summed E-state index contributed by atoms with van der Waals surface area (Å²) in [6.45, 7) is 1.82. The highest BCUT2D eigenvalue weighted by molar-refractivity contribution is 7.91. The van der Waals surface area contributed by atoms with Crippen LogP contribution in [-0.2, 0) is 9.84 Å². The average molecular weight is 178 g/mol. The fraction of sp³-hybridized carbons (Fsp3) is 1.00. The summed E-state index contributed by atoms with van der Waals surface area (Å²) in [7, 11) is -2.95. The Hall–Kier alpha value is -0.0900. The Labute approximate surface area is 67.3 Å². The molecule has 1 fully saturated rings. The molecule has 1 unspecified atom stereocenters. The van der Waals surface area contributed by atoms with E-state index < -0.39 is 15.4 Å². The Morgan fingerprint density at radius 3 is 2.55 bits per heavy atom. The third kappa shape index (κ3) is 2.17. The van der Waals surface area contributed by atoms with Crippen LogP contribution in [-0.4, -0.2) is 30.6 Å². The van der Waals surface area contributed by atoms with E-state index in [1.165, 1.54) is 0 Å². The first-order valence-corrected chi connectivity index (χ1v) is 5.72. The van der Waals surface area contributed by atoms with Gasteiger partial charge < -0.3 is 5.11 Å². The zero-order chi connectivity index (χ0) is 8.54. The molecule has 0 radical (unpaired) electrons. The first kappa shape index (κ1) is 9.00. The molecule has 0 spiro atoms. The van der Waals surface area contributed by atoms with Crippen LogP contribution in [0.4, 0.5) is 0 Å². The summed E-state index contributed by atoms with van der Waals surface area (Å²) >= 11 is 0. The summed E-state index contributed by atoms with van der Waals surface area (Å²) in [5.74, 6) is 0.200. The van der Waals surface area contributed by atoms with Crippen LogP contribution >= 0.6 is 0 Å². The standard InChI is InChI=1S/C7H14O3S/c1-2-7(8)4-3-5-11(9,10)6-7/h8H,2-6H2,1H3. The van der Waals surface area contributed by atoms with Crippen molar-refractivity contribution in [2.24, 2.45) is 0 Å². The highest BCUT2D eigenvalue weighted by atomic mass is 32.2. The van der Waals surface area contributed by atoms with E-state index in [0.717, 1.165) is 0 Å². The second-order valence-corrected chi connectivity index (χ2v) is 5.46. The van der Waals surface area contributed by atoms with Gasteiger partial charge in [-0.25, -0.2) is 8.42 Å². The maximum Gasteiger partial charge on any atom is 0.153 e.